The average Bonchev–Trinajstić information content (AvgIpc) is 2.09. The predicted octanol–water partition coefficient (Wildman–Crippen LogP) is -0.125. The predicted molar refractivity (Wildman–Crippen MR) is 52.5 cm³/mol. The van der Waals surface area contributed by atoms with Crippen molar-refractivity contribution in [2.75, 3.05) is 26.2 Å². The zero-order valence-electron chi connectivity index (χ0n) is 8.31. The minimum Gasteiger partial charge on any atom is -0.396 e. The average molecular weight is 188 g/mol. The van der Waals surface area contributed by atoms with Crippen molar-refractivity contribution in [1.29, 1.82) is 0 Å². The van der Waals surface area contributed by atoms with Crippen molar-refractivity contribution >= 4 is 5.91 Å². The van der Waals surface area contributed by atoms with Gasteiger partial charge < -0.3 is 15.7 Å². The van der Waals surface area contributed by atoms with Crippen LogP contribution in [0, 0.1) is 0 Å². The van der Waals surface area contributed by atoms with E-state index in [0.717, 1.165) is 32.4 Å². The number of aliphatic hydroxyl groups excluding tert-OH is 1. The van der Waals surface area contributed by atoms with Crippen LogP contribution in [-0.4, -0.2) is 37.3 Å². The second-order valence-corrected chi connectivity index (χ2v) is 3.02. The molecule has 1 amide bonds. The van der Waals surface area contributed by atoms with Gasteiger partial charge in [0.2, 0.25) is 5.91 Å². The molecular formula is C9H20N2O2. The molecule has 0 bridgehead atoms. The van der Waals surface area contributed by atoms with Gasteiger partial charge in [0.25, 0.3) is 0 Å². The van der Waals surface area contributed by atoms with E-state index in [-0.39, 0.29) is 12.5 Å². The Morgan fingerprint density at radius 3 is 2.54 bits per heavy atom. The topological polar surface area (TPSA) is 61.4 Å². The largest absolute Gasteiger partial charge is 0.396 e. The molecule has 0 atom stereocenters. The van der Waals surface area contributed by atoms with Crippen LogP contribution in [0.25, 0.3) is 0 Å². The van der Waals surface area contributed by atoms with E-state index in [1.807, 2.05) is 0 Å². The van der Waals surface area contributed by atoms with E-state index in [1.54, 1.807) is 0 Å². The number of carbonyl (C=O) groups excluding carboxylic acids is 1. The van der Waals surface area contributed by atoms with Gasteiger partial charge in [-0.05, 0) is 25.8 Å². The third kappa shape index (κ3) is 11.4. The lowest BCUT2D eigenvalue weighted by Crippen LogP contribution is -2.30. The minimum atomic E-state index is 0.0158. The van der Waals surface area contributed by atoms with Crippen LogP contribution in [0.3, 0.4) is 0 Å². The van der Waals surface area contributed by atoms with Gasteiger partial charge in [0.15, 0.2) is 0 Å². The van der Waals surface area contributed by atoms with Crippen LogP contribution in [0.4, 0.5) is 0 Å². The van der Waals surface area contributed by atoms with Crippen LogP contribution >= 0.6 is 0 Å². The molecule has 0 unspecified atom stereocenters. The molecule has 0 aromatic rings. The Bertz CT molecular complexity index is 129. The van der Waals surface area contributed by atoms with Gasteiger partial charge in [-0.2, -0.15) is 0 Å². The fourth-order valence-electron chi connectivity index (χ4n) is 0.990. The number of hydrogen-bond acceptors (Lipinski definition) is 3. The number of hydrogen-bond donors (Lipinski definition) is 3. The molecule has 0 saturated heterocycles. The first kappa shape index (κ1) is 12.4. The van der Waals surface area contributed by atoms with Gasteiger partial charge in [-0.25, -0.2) is 0 Å². The Morgan fingerprint density at radius 1 is 1.15 bits per heavy atom. The highest BCUT2D eigenvalue weighted by molar-refractivity contribution is 5.72. The van der Waals surface area contributed by atoms with Crippen molar-refractivity contribution in [3.63, 3.8) is 0 Å². The molecule has 4 heteroatoms. The van der Waals surface area contributed by atoms with E-state index in [0.29, 0.717) is 6.54 Å². The van der Waals surface area contributed by atoms with Crippen molar-refractivity contribution in [1.82, 2.24) is 10.6 Å². The van der Waals surface area contributed by atoms with Gasteiger partial charge in [0.1, 0.15) is 0 Å². The maximum atomic E-state index is 10.5. The Labute approximate surface area is 79.7 Å². The zero-order chi connectivity index (χ0) is 9.94. The maximum absolute atomic E-state index is 10.5. The Hall–Kier alpha value is -0.610. The summed E-state index contributed by atoms with van der Waals surface area (Å²) >= 11 is 0. The van der Waals surface area contributed by atoms with Gasteiger partial charge in [0.05, 0.1) is 0 Å². The molecule has 0 radical (unpaired) electrons. The van der Waals surface area contributed by atoms with Crippen LogP contribution in [0.5, 0.6) is 0 Å². The summed E-state index contributed by atoms with van der Waals surface area (Å²) in [6.45, 7) is 4.26. The standard InChI is InChI=1S/C9H20N2O2/c1-9(13)11-7-6-10-5-3-2-4-8-12/h10,12H,2-8H2,1H3,(H,11,13). The van der Waals surface area contributed by atoms with Crippen LogP contribution < -0.4 is 10.6 Å². The van der Waals surface area contributed by atoms with E-state index in [2.05, 4.69) is 10.6 Å². The molecule has 13 heavy (non-hydrogen) atoms. The fourth-order valence-corrected chi connectivity index (χ4v) is 0.990. The normalized spacial score (nSPS) is 10.0. The second-order valence-electron chi connectivity index (χ2n) is 3.02. The van der Waals surface area contributed by atoms with Crippen molar-refractivity contribution < 1.29 is 9.90 Å². The number of rotatable bonds is 8. The molecule has 0 aromatic carbocycles. The van der Waals surface area contributed by atoms with E-state index < -0.39 is 0 Å². The third-order valence-electron chi connectivity index (χ3n) is 1.69. The molecule has 0 fully saturated rings. The molecular weight excluding hydrogens is 168 g/mol. The van der Waals surface area contributed by atoms with E-state index in [4.69, 9.17) is 5.11 Å². The summed E-state index contributed by atoms with van der Waals surface area (Å²) in [6.07, 6.45) is 3.03. The molecule has 0 heterocycles. The van der Waals surface area contributed by atoms with E-state index in [1.165, 1.54) is 6.92 Å². The monoisotopic (exact) mass is 188 g/mol. The molecule has 0 spiro atoms. The summed E-state index contributed by atoms with van der Waals surface area (Å²) in [5.41, 5.74) is 0. The van der Waals surface area contributed by atoms with E-state index >= 15 is 0 Å². The molecule has 3 N–H and O–H groups in total. The molecule has 78 valence electrons. The van der Waals surface area contributed by atoms with Crippen LogP contribution in [0.1, 0.15) is 26.2 Å². The summed E-state index contributed by atoms with van der Waals surface area (Å²) in [5, 5.41) is 14.4. The first-order valence-corrected chi connectivity index (χ1v) is 4.83. The molecule has 0 aliphatic heterocycles. The van der Waals surface area contributed by atoms with Crippen LogP contribution in [0.2, 0.25) is 0 Å². The quantitative estimate of drug-likeness (QED) is 0.465. The highest BCUT2D eigenvalue weighted by Gasteiger charge is 1.90. The van der Waals surface area contributed by atoms with Gasteiger partial charge in [0, 0.05) is 26.6 Å². The van der Waals surface area contributed by atoms with Crippen LogP contribution in [0.15, 0.2) is 0 Å². The lowest BCUT2D eigenvalue weighted by molar-refractivity contribution is -0.118. The van der Waals surface area contributed by atoms with Gasteiger partial charge in [-0.3, -0.25) is 4.79 Å². The Balaban J connectivity index is 2.87. The molecule has 0 aliphatic rings. The van der Waals surface area contributed by atoms with Crippen molar-refractivity contribution in [2.24, 2.45) is 0 Å². The number of carbonyl (C=O) groups is 1. The fraction of sp³-hybridized carbons (Fsp3) is 0.889. The third-order valence-corrected chi connectivity index (χ3v) is 1.69. The number of aliphatic hydroxyl groups is 1. The molecule has 0 saturated carbocycles. The molecule has 0 rings (SSSR count). The van der Waals surface area contributed by atoms with Crippen molar-refractivity contribution in [2.45, 2.75) is 26.2 Å². The van der Waals surface area contributed by atoms with Crippen molar-refractivity contribution in [3.05, 3.63) is 0 Å². The minimum absolute atomic E-state index is 0.0158. The first-order chi connectivity index (χ1) is 6.27. The molecule has 0 aromatic heterocycles. The number of unbranched alkanes of at least 4 members (excludes halogenated alkanes) is 2. The highest BCUT2D eigenvalue weighted by Crippen LogP contribution is 1.91. The highest BCUT2D eigenvalue weighted by atomic mass is 16.2. The number of amides is 1. The maximum Gasteiger partial charge on any atom is 0.216 e. The molecule has 4 nitrogen and oxygen atoms in total. The Kier molecular flexibility index (Phi) is 9.03. The summed E-state index contributed by atoms with van der Waals surface area (Å²) in [7, 11) is 0. The summed E-state index contributed by atoms with van der Waals surface area (Å²) in [6, 6.07) is 0. The number of nitrogens with one attached hydrogen (secondary N) is 2. The smallest absolute Gasteiger partial charge is 0.216 e. The van der Waals surface area contributed by atoms with Crippen molar-refractivity contribution in [3.8, 4) is 0 Å². The SMILES string of the molecule is CC(=O)NCCNCCCCCO. The second kappa shape index (κ2) is 9.48. The lowest BCUT2D eigenvalue weighted by atomic mass is 10.2. The summed E-state index contributed by atoms with van der Waals surface area (Å²) in [4.78, 5) is 10.5. The van der Waals surface area contributed by atoms with Crippen LogP contribution in [-0.2, 0) is 4.79 Å². The molecule has 0 aliphatic carbocycles. The Morgan fingerprint density at radius 2 is 1.92 bits per heavy atom. The zero-order valence-corrected chi connectivity index (χ0v) is 8.31. The van der Waals surface area contributed by atoms with E-state index in [9.17, 15) is 4.79 Å². The van der Waals surface area contributed by atoms with Gasteiger partial charge in [-0.1, -0.05) is 0 Å². The summed E-state index contributed by atoms with van der Waals surface area (Å²) < 4.78 is 0. The van der Waals surface area contributed by atoms with Gasteiger partial charge >= 0.3 is 0 Å². The first-order valence-electron chi connectivity index (χ1n) is 4.83. The lowest BCUT2D eigenvalue weighted by Gasteiger charge is -2.04. The van der Waals surface area contributed by atoms with Gasteiger partial charge in [-0.15, -0.1) is 0 Å². The summed E-state index contributed by atoms with van der Waals surface area (Å²) in [5.74, 6) is 0.0158.